The van der Waals surface area contributed by atoms with Crippen LogP contribution in [0, 0.1) is 17.8 Å². The van der Waals surface area contributed by atoms with Crippen LogP contribution in [0.3, 0.4) is 0 Å². The molecular formula is C12H21BN2O4. The van der Waals surface area contributed by atoms with Gasteiger partial charge in [0.1, 0.15) is 0 Å². The van der Waals surface area contributed by atoms with Crippen LogP contribution in [0.25, 0.3) is 0 Å². The van der Waals surface area contributed by atoms with Crippen LogP contribution in [-0.4, -0.2) is 57.7 Å². The first-order valence-corrected chi connectivity index (χ1v) is 7.09. The Bertz CT molecular complexity index is 379. The summed E-state index contributed by atoms with van der Waals surface area (Å²) in [6.07, 6.45) is 2.70. The number of aliphatic hydroxyl groups excluding tert-OH is 1. The number of hydrogen-bond donors (Lipinski definition) is 4. The monoisotopic (exact) mass is 268 g/mol. The summed E-state index contributed by atoms with van der Waals surface area (Å²) < 4.78 is 0. The van der Waals surface area contributed by atoms with E-state index in [1.165, 1.54) is 4.90 Å². The molecule has 5 N–H and O–H groups in total. The molecule has 1 amide bonds. The maximum atomic E-state index is 12.6. The fraction of sp³-hybridized carbons (Fsp3) is 0.917. The van der Waals surface area contributed by atoms with Gasteiger partial charge in [0.05, 0.1) is 18.0 Å². The number of likely N-dealkylation sites (tertiary alicyclic amines) is 1. The molecule has 0 aromatic heterocycles. The predicted octanol–water partition coefficient (Wildman–Crippen LogP) is -1.67. The number of carbonyl (C=O) groups excluding carboxylic acids is 1. The van der Waals surface area contributed by atoms with Crippen molar-refractivity contribution in [2.45, 2.75) is 43.8 Å². The molecule has 3 aliphatic rings. The van der Waals surface area contributed by atoms with E-state index in [-0.39, 0.29) is 30.8 Å². The van der Waals surface area contributed by atoms with Crippen molar-refractivity contribution in [2.24, 2.45) is 23.5 Å². The van der Waals surface area contributed by atoms with Crippen LogP contribution in [-0.2, 0) is 4.79 Å². The highest BCUT2D eigenvalue weighted by molar-refractivity contribution is 6.43. The first-order valence-electron chi connectivity index (χ1n) is 7.09. The van der Waals surface area contributed by atoms with E-state index in [1.54, 1.807) is 0 Å². The van der Waals surface area contributed by atoms with Crippen LogP contribution in [0.5, 0.6) is 0 Å². The zero-order chi connectivity index (χ0) is 13.7. The number of fused-ring (bicyclic) bond motifs is 2. The molecule has 1 saturated heterocycles. The van der Waals surface area contributed by atoms with E-state index in [1.807, 2.05) is 0 Å². The minimum Gasteiger partial charge on any atom is -0.426 e. The van der Waals surface area contributed by atoms with E-state index >= 15 is 0 Å². The lowest BCUT2D eigenvalue weighted by molar-refractivity contribution is -0.138. The zero-order valence-electron chi connectivity index (χ0n) is 10.9. The van der Waals surface area contributed by atoms with E-state index < -0.39 is 19.2 Å². The van der Waals surface area contributed by atoms with Gasteiger partial charge in [-0.2, -0.15) is 0 Å². The zero-order valence-corrected chi connectivity index (χ0v) is 10.9. The number of nitrogens with two attached hydrogens (primary N) is 1. The third-order valence-corrected chi connectivity index (χ3v) is 5.21. The van der Waals surface area contributed by atoms with Gasteiger partial charge in [0.25, 0.3) is 0 Å². The van der Waals surface area contributed by atoms with Crippen molar-refractivity contribution in [3.63, 3.8) is 0 Å². The third kappa shape index (κ3) is 2.09. The van der Waals surface area contributed by atoms with Gasteiger partial charge in [-0.3, -0.25) is 4.79 Å². The van der Waals surface area contributed by atoms with Crippen LogP contribution >= 0.6 is 0 Å². The maximum absolute atomic E-state index is 12.6. The molecule has 4 unspecified atom stereocenters. The molecule has 0 radical (unpaired) electrons. The van der Waals surface area contributed by atoms with Crippen molar-refractivity contribution in [1.82, 2.24) is 4.90 Å². The van der Waals surface area contributed by atoms with Crippen molar-refractivity contribution >= 4 is 13.0 Å². The molecule has 2 aliphatic carbocycles. The average Bonchev–Trinajstić information content (AvgIpc) is 3.01. The number of rotatable bonds is 2. The second kappa shape index (κ2) is 4.73. The van der Waals surface area contributed by atoms with E-state index in [0.29, 0.717) is 11.8 Å². The first kappa shape index (κ1) is 13.4. The lowest BCUT2D eigenvalue weighted by Gasteiger charge is -2.33. The molecule has 0 aromatic carbocycles. The standard InChI is InChI=1S/C12H21BN2O4/c14-11-7-2-1-6(3-7)10(11)12(17)15-5-8(16)4-9(15)13(18)19/h6-11,16,18-19H,1-5,14H2/t6?,7?,8-,9-,10?,11?/m0/s1. The Morgan fingerprint density at radius 3 is 2.47 bits per heavy atom. The molecule has 3 rings (SSSR count). The molecule has 2 bridgehead atoms. The number of carbonyl (C=O) groups is 1. The summed E-state index contributed by atoms with van der Waals surface area (Å²) in [6, 6.07) is -0.111. The average molecular weight is 268 g/mol. The van der Waals surface area contributed by atoms with Gasteiger partial charge in [0, 0.05) is 12.6 Å². The minimum atomic E-state index is -1.60. The number of β-amino-alcohol motifs (C(OH)–C–C–N with tert-alkyl or cyclic N) is 1. The Kier molecular flexibility index (Phi) is 3.33. The van der Waals surface area contributed by atoms with Gasteiger partial charge >= 0.3 is 7.12 Å². The summed E-state index contributed by atoms with van der Waals surface area (Å²) in [4.78, 5) is 14.1. The van der Waals surface area contributed by atoms with Crippen LogP contribution < -0.4 is 5.73 Å². The molecule has 1 heterocycles. The second-order valence-corrected chi connectivity index (χ2v) is 6.30. The third-order valence-electron chi connectivity index (χ3n) is 5.21. The van der Waals surface area contributed by atoms with Gasteiger partial charge in [-0.15, -0.1) is 0 Å². The molecule has 106 valence electrons. The Balaban J connectivity index is 1.76. The lowest BCUT2D eigenvalue weighted by Crippen LogP contribution is -2.52. The van der Waals surface area contributed by atoms with Crippen molar-refractivity contribution in [1.29, 1.82) is 0 Å². The molecular weight excluding hydrogens is 247 g/mol. The molecule has 19 heavy (non-hydrogen) atoms. The molecule has 7 heteroatoms. The Morgan fingerprint density at radius 2 is 1.89 bits per heavy atom. The van der Waals surface area contributed by atoms with E-state index in [4.69, 9.17) is 5.73 Å². The van der Waals surface area contributed by atoms with E-state index in [0.717, 1.165) is 19.3 Å². The molecule has 6 atom stereocenters. The highest BCUT2D eigenvalue weighted by atomic mass is 16.4. The summed E-state index contributed by atoms with van der Waals surface area (Å²) in [5.74, 6) is -0.237. The van der Waals surface area contributed by atoms with Gasteiger partial charge in [-0.25, -0.2) is 0 Å². The molecule has 0 aromatic rings. The SMILES string of the molecule is NC1C2CCC(C2)C1C(=O)N1C[C@@H](O)C[C@H]1B(O)O. The number of hydrogen-bond acceptors (Lipinski definition) is 5. The van der Waals surface area contributed by atoms with Crippen molar-refractivity contribution in [3.05, 3.63) is 0 Å². The summed E-state index contributed by atoms with van der Waals surface area (Å²) >= 11 is 0. The van der Waals surface area contributed by atoms with Crippen LogP contribution in [0.2, 0.25) is 0 Å². The smallest absolute Gasteiger partial charge is 0.426 e. The van der Waals surface area contributed by atoms with Crippen molar-refractivity contribution in [2.75, 3.05) is 6.54 Å². The van der Waals surface area contributed by atoms with Gasteiger partial charge in [-0.1, -0.05) is 0 Å². The van der Waals surface area contributed by atoms with Gasteiger partial charge in [-0.05, 0) is 37.5 Å². The predicted molar refractivity (Wildman–Crippen MR) is 68.6 cm³/mol. The highest BCUT2D eigenvalue weighted by Crippen LogP contribution is 2.48. The van der Waals surface area contributed by atoms with Crippen LogP contribution in [0.1, 0.15) is 25.7 Å². The van der Waals surface area contributed by atoms with Crippen molar-refractivity contribution in [3.8, 4) is 0 Å². The topological polar surface area (TPSA) is 107 Å². The lowest BCUT2D eigenvalue weighted by atomic mass is 9.76. The van der Waals surface area contributed by atoms with Gasteiger partial charge in [0.2, 0.25) is 5.91 Å². The number of nitrogens with zero attached hydrogens (tertiary/aromatic N) is 1. The van der Waals surface area contributed by atoms with E-state index in [2.05, 4.69) is 0 Å². The molecule has 0 spiro atoms. The second-order valence-electron chi connectivity index (χ2n) is 6.30. The molecule has 2 saturated carbocycles. The summed E-state index contributed by atoms with van der Waals surface area (Å²) in [7, 11) is -1.60. The molecule has 6 nitrogen and oxygen atoms in total. The number of aliphatic hydroxyl groups is 1. The van der Waals surface area contributed by atoms with Crippen LogP contribution in [0.15, 0.2) is 0 Å². The highest BCUT2D eigenvalue weighted by Gasteiger charge is 2.52. The summed E-state index contributed by atoms with van der Waals surface area (Å²) in [5.41, 5.74) is 6.15. The Morgan fingerprint density at radius 1 is 1.21 bits per heavy atom. The summed E-state index contributed by atoms with van der Waals surface area (Å²) in [6.45, 7) is 0.182. The Hall–Kier alpha value is -0.625. The quantitative estimate of drug-likeness (QED) is 0.448. The fourth-order valence-corrected chi connectivity index (χ4v) is 4.27. The van der Waals surface area contributed by atoms with Gasteiger partial charge in [0.15, 0.2) is 0 Å². The minimum absolute atomic E-state index is 0.102. The normalized spacial score (nSPS) is 44.9. The largest absolute Gasteiger partial charge is 0.475 e. The number of amides is 1. The first-order chi connectivity index (χ1) is 8.99. The molecule has 3 fully saturated rings. The summed E-state index contributed by atoms with van der Waals surface area (Å²) in [5, 5.41) is 28.4. The van der Waals surface area contributed by atoms with E-state index in [9.17, 15) is 19.9 Å². The van der Waals surface area contributed by atoms with Crippen molar-refractivity contribution < 1.29 is 19.9 Å². The maximum Gasteiger partial charge on any atom is 0.475 e. The fourth-order valence-electron chi connectivity index (χ4n) is 4.27. The molecule has 1 aliphatic heterocycles. The Labute approximate surface area is 112 Å². The van der Waals surface area contributed by atoms with Crippen LogP contribution in [0.4, 0.5) is 0 Å². The van der Waals surface area contributed by atoms with Gasteiger partial charge < -0.3 is 25.8 Å².